The average molecular weight is 324 g/mol. The molecular weight excluding hydrogens is 313 g/mol. The minimum Gasteiger partial charge on any atom is -0.467 e. The molecule has 1 amide bonds. The fourth-order valence-electron chi connectivity index (χ4n) is 2.01. The van der Waals surface area contributed by atoms with Crippen LogP contribution >= 0.6 is 10.7 Å². The lowest BCUT2D eigenvalue weighted by atomic mass is 10.1. The van der Waals surface area contributed by atoms with Gasteiger partial charge in [0.25, 0.3) is 0 Å². The Kier molecular flexibility index (Phi) is 4.09. The second-order valence-electron chi connectivity index (χ2n) is 4.31. The fourth-order valence-corrected chi connectivity index (χ4v) is 3.33. The van der Waals surface area contributed by atoms with Gasteiger partial charge in [-0.15, -0.1) is 0 Å². The maximum atomic E-state index is 13.7. The molecule has 1 unspecified atom stereocenters. The van der Waals surface area contributed by atoms with E-state index in [1.165, 1.54) is 7.11 Å². The normalized spacial score (nSPS) is 19.4. The van der Waals surface area contributed by atoms with E-state index < -0.39 is 26.7 Å². The van der Waals surface area contributed by atoms with Crippen LogP contribution in [0.5, 0.6) is 6.01 Å². The summed E-state index contributed by atoms with van der Waals surface area (Å²) in [6.45, 7) is 0.0296. The van der Waals surface area contributed by atoms with Gasteiger partial charge in [-0.2, -0.15) is 4.98 Å². The van der Waals surface area contributed by atoms with Gasteiger partial charge in [0.2, 0.25) is 15.0 Å². The molecule has 0 bridgehead atoms. The van der Waals surface area contributed by atoms with Gasteiger partial charge in [-0.3, -0.25) is 9.69 Å². The van der Waals surface area contributed by atoms with Crippen molar-refractivity contribution in [2.75, 3.05) is 24.3 Å². The molecule has 1 aromatic heterocycles. The molecule has 0 radical (unpaired) electrons. The quantitative estimate of drug-likeness (QED) is 0.752. The third kappa shape index (κ3) is 3.34. The summed E-state index contributed by atoms with van der Waals surface area (Å²) < 4.78 is 40.5. The van der Waals surface area contributed by atoms with Crippen LogP contribution in [0.1, 0.15) is 6.42 Å². The second kappa shape index (κ2) is 5.49. The van der Waals surface area contributed by atoms with Crippen molar-refractivity contribution in [2.24, 2.45) is 5.92 Å². The van der Waals surface area contributed by atoms with Crippen LogP contribution in [0.3, 0.4) is 0 Å². The van der Waals surface area contributed by atoms with Crippen molar-refractivity contribution < 1.29 is 22.3 Å². The van der Waals surface area contributed by atoms with Gasteiger partial charge in [-0.05, 0) is 0 Å². The molecule has 1 aromatic rings. The van der Waals surface area contributed by atoms with Crippen LogP contribution in [0.4, 0.5) is 10.2 Å². The highest BCUT2D eigenvalue weighted by Crippen LogP contribution is 2.27. The Labute approximate surface area is 119 Å². The summed E-state index contributed by atoms with van der Waals surface area (Å²) in [4.78, 5) is 20.3. The minimum atomic E-state index is -3.72. The van der Waals surface area contributed by atoms with E-state index in [0.717, 1.165) is 11.1 Å². The third-order valence-corrected chi connectivity index (χ3v) is 4.03. The van der Waals surface area contributed by atoms with E-state index in [-0.39, 0.29) is 30.5 Å². The fraction of sp³-hybridized carbons (Fsp3) is 0.500. The molecule has 1 aliphatic rings. The zero-order valence-electron chi connectivity index (χ0n) is 10.4. The van der Waals surface area contributed by atoms with E-state index in [2.05, 4.69) is 9.97 Å². The molecule has 20 heavy (non-hydrogen) atoms. The van der Waals surface area contributed by atoms with Crippen LogP contribution < -0.4 is 9.64 Å². The van der Waals surface area contributed by atoms with E-state index in [9.17, 15) is 17.6 Å². The molecule has 2 rings (SSSR count). The Morgan fingerprint density at radius 1 is 1.60 bits per heavy atom. The number of aromatic nitrogens is 2. The molecule has 1 saturated heterocycles. The van der Waals surface area contributed by atoms with Crippen molar-refractivity contribution in [3.8, 4) is 6.01 Å². The topological polar surface area (TPSA) is 89.5 Å². The van der Waals surface area contributed by atoms with Crippen molar-refractivity contribution in [1.29, 1.82) is 0 Å². The van der Waals surface area contributed by atoms with E-state index in [0.29, 0.717) is 0 Å². The number of carbonyl (C=O) groups excluding carboxylic acids is 1. The number of ether oxygens (including phenoxy) is 1. The smallest absolute Gasteiger partial charge is 0.318 e. The SMILES string of the molecule is COc1ncc(F)c(N2CC(CS(=O)(=O)Cl)CC2=O)n1. The van der Waals surface area contributed by atoms with Crippen LogP contribution in [0.2, 0.25) is 0 Å². The Morgan fingerprint density at radius 2 is 2.30 bits per heavy atom. The van der Waals surface area contributed by atoms with Crippen LogP contribution in [-0.2, 0) is 13.8 Å². The standard InChI is InChI=1S/C10H11ClFN3O4S/c1-19-10-13-3-7(12)9(14-10)15-4-6(2-8(15)16)5-20(11,17)18/h3,6H,2,4-5H2,1H3. The molecule has 7 nitrogen and oxygen atoms in total. The maximum Gasteiger partial charge on any atom is 0.318 e. The average Bonchev–Trinajstić information content (AvgIpc) is 2.68. The first-order valence-electron chi connectivity index (χ1n) is 5.59. The predicted octanol–water partition coefficient (Wildman–Crippen LogP) is 0.546. The number of hydrogen-bond acceptors (Lipinski definition) is 6. The number of halogens is 2. The summed E-state index contributed by atoms with van der Waals surface area (Å²) in [6.07, 6.45) is 0.859. The molecular formula is C10H11ClFN3O4S. The molecule has 110 valence electrons. The van der Waals surface area contributed by atoms with Gasteiger partial charge in [-0.25, -0.2) is 17.8 Å². The molecule has 0 spiro atoms. The van der Waals surface area contributed by atoms with Gasteiger partial charge in [0.05, 0.1) is 19.1 Å². The maximum absolute atomic E-state index is 13.7. The monoisotopic (exact) mass is 323 g/mol. The number of hydrogen-bond donors (Lipinski definition) is 0. The van der Waals surface area contributed by atoms with Crippen molar-refractivity contribution in [3.63, 3.8) is 0 Å². The van der Waals surface area contributed by atoms with Crippen molar-refractivity contribution in [1.82, 2.24) is 9.97 Å². The Balaban J connectivity index is 2.24. The lowest BCUT2D eigenvalue weighted by Gasteiger charge is -2.16. The van der Waals surface area contributed by atoms with Crippen LogP contribution in [-0.4, -0.2) is 43.7 Å². The summed E-state index contributed by atoms with van der Waals surface area (Å²) in [5.74, 6) is -2.27. The number of nitrogens with zero attached hydrogens (tertiary/aromatic N) is 3. The predicted molar refractivity (Wildman–Crippen MR) is 68.6 cm³/mol. The van der Waals surface area contributed by atoms with E-state index in [4.69, 9.17) is 15.4 Å². The molecule has 0 aromatic carbocycles. The summed E-state index contributed by atoms with van der Waals surface area (Å²) in [7, 11) is 2.75. The third-order valence-electron chi connectivity index (χ3n) is 2.78. The van der Waals surface area contributed by atoms with Crippen molar-refractivity contribution in [3.05, 3.63) is 12.0 Å². The first-order chi connectivity index (χ1) is 9.30. The molecule has 2 heterocycles. The van der Waals surface area contributed by atoms with Crippen LogP contribution in [0.25, 0.3) is 0 Å². The van der Waals surface area contributed by atoms with Crippen LogP contribution in [0.15, 0.2) is 6.20 Å². The number of methoxy groups -OCH3 is 1. The number of carbonyl (C=O) groups is 1. The number of amides is 1. The van der Waals surface area contributed by atoms with Gasteiger partial charge in [0.1, 0.15) is 0 Å². The van der Waals surface area contributed by atoms with Gasteiger partial charge in [-0.1, -0.05) is 0 Å². The Bertz CT molecular complexity index is 639. The van der Waals surface area contributed by atoms with Crippen molar-refractivity contribution in [2.45, 2.75) is 6.42 Å². The van der Waals surface area contributed by atoms with E-state index >= 15 is 0 Å². The molecule has 1 fully saturated rings. The molecule has 0 N–H and O–H groups in total. The summed E-state index contributed by atoms with van der Waals surface area (Å²) in [5.41, 5.74) is 0. The largest absolute Gasteiger partial charge is 0.467 e. The highest BCUT2D eigenvalue weighted by Gasteiger charge is 2.35. The molecule has 1 aliphatic heterocycles. The number of rotatable bonds is 4. The Morgan fingerprint density at radius 3 is 2.90 bits per heavy atom. The van der Waals surface area contributed by atoms with Gasteiger partial charge in [0, 0.05) is 29.6 Å². The Hall–Kier alpha value is -1.48. The lowest BCUT2D eigenvalue weighted by Crippen LogP contribution is -2.27. The molecule has 10 heteroatoms. The van der Waals surface area contributed by atoms with Gasteiger partial charge >= 0.3 is 6.01 Å². The second-order valence-corrected chi connectivity index (χ2v) is 7.13. The van der Waals surface area contributed by atoms with Gasteiger partial charge < -0.3 is 4.74 Å². The van der Waals surface area contributed by atoms with Gasteiger partial charge in [0.15, 0.2) is 11.6 Å². The minimum absolute atomic E-state index is 0.0296. The molecule has 0 saturated carbocycles. The highest BCUT2D eigenvalue weighted by molar-refractivity contribution is 8.13. The first kappa shape index (κ1) is 14.9. The summed E-state index contributed by atoms with van der Waals surface area (Å²) in [6, 6.07) is -0.0809. The first-order valence-corrected chi connectivity index (χ1v) is 8.07. The van der Waals surface area contributed by atoms with E-state index in [1.807, 2.05) is 0 Å². The lowest BCUT2D eigenvalue weighted by molar-refractivity contribution is -0.117. The molecule has 1 atom stereocenters. The summed E-state index contributed by atoms with van der Waals surface area (Å²) >= 11 is 0. The highest BCUT2D eigenvalue weighted by atomic mass is 35.7. The zero-order valence-corrected chi connectivity index (χ0v) is 12.0. The number of anilines is 1. The summed E-state index contributed by atoms with van der Waals surface area (Å²) in [5, 5.41) is 0. The van der Waals surface area contributed by atoms with E-state index in [1.54, 1.807) is 0 Å². The zero-order chi connectivity index (χ0) is 14.9. The van der Waals surface area contributed by atoms with Crippen LogP contribution in [0, 0.1) is 11.7 Å². The molecule has 0 aliphatic carbocycles. The van der Waals surface area contributed by atoms with Crippen molar-refractivity contribution >= 4 is 31.5 Å².